The number of piperidine rings is 3. The van der Waals surface area contributed by atoms with Gasteiger partial charge in [0, 0.05) is 32.6 Å². The number of carbonyl (C=O) groups is 2. The third-order valence-electron chi connectivity index (χ3n) is 5.43. The highest BCUT2D eigenvalue weighted by atomic mass is 35.5. The molecule has 3 heterocycles. The Morgan fingerprint density at radius 1 is 1.04 bits per heavy atom. The lowest BCUT2D eigenvalue weighted by Crippen LogP contribution is -2.51. The summed E-state index contributed by atoms with van der Waals surface area (Å²) in [5.74, 6) is 1.20. The third-order valence-corrected chi connectivity index (χ3v) is 5.43. The van der Waals surface area contributed by atoms with Crippen molar-refractivity contribution in [3.8, 4) is 0 Å². The maximum absolute atomic E-state index is 12.5. The zero-order valence-electron chi connectivity index (χ0n) is 14.0. The van der Waals surface area contributed by atoms with Gasteiger partial charge in [0.1, 0.15) is 0 Å². The Hall–Kier alpha value is -0.810. The Balaban J connectivity index is 0.00000192. The molecule has 2 amide bonds. The van der Waals surface area contributed by atoms with Gasteiger partial charge in [-0.2, -0.15) is 0 Å². The van der Waals surface area contributed by atoms with Gasteiger partial charge in [0.05, 0.1) is 6.04 Å². The van der Waals surface area contributed by atoms with Crippen LogP contribution in [0.25, 0.3) is 0 Å². The van der Waals surface area contributed by atoms with Crippen LogP contribution in [0.5, 0.6) is 0 Å². The van der Waals surface area contributed by atoms with E-state index in [2.05, 4.69) is 5.32 Å². The predicted molar refractivity (Wildman–Crippen MR) is 92.6 cm³/mol. The number of amides is 2. The first kappa shape index (κ1) is 18.5. The summed E-state index contributed by atoms with van der Waals surface area (Å²) in [7, 11) is 0. The van der Waals surface area contributed by atoms with E-state index >= 15 is 0 Å². The molecule has 1 N–H and O–H groups in total. The molecule has 0 spiro atoms. The summed E-state index contributed by atoms with van der Waals surface area (Å²) in [6, 6.07) is 0.0500. The summed E-state index contributed by atoms with van der Waals surface area (Å²) in [4.78, 5) is 28.5. The lowest BCUT2D eigenvalue weighted by molar-refractivity contribution is -0.137. The summed E-state index contributed by atoms with van der Waals surface area (Å²) in [6.07, 6.45) is 8.36. The number of carbonyl (C=O) groups excluding carboxylic acids is 2. The molecule has 0 bridgehead atoms. The minimum atomic E-state index is 0. The van der Waals surface area contributed by atoms with Crippen molar-refractivity contribution in [1.82, 2.24) is 15.1 Å². The number of nitrogens with zero attached hydrogens (tertiary/aromatic N) is 2. The van der Waals surface area contributed by atoms with Crippen molar-refractivity contribution in [3.05, 3.63) is 0 Å². The quantitative estimate of drug-likeness (QED) is 0.850. The number of rotatable bonds is 3. The first-order chi connectivity index (χ1) is 10.7. The second kappa shape index (κ2) is 8.88. The van der Waals surface area contributed by atoms with E-state index < -0.39 is 0 Å². The second-order valence-electron chi connectivity index (χ2n) is 7.07. The molecule has 3 aliphatic heterocycles. The first-order valence-corrected chi connectivity index (χ1v) is 9.04. The smallest absolute Gasteiger partial charge is 0.239 e. The van der Waals surface area contributed by atoms with Gasteiger partial charge in [0.15, 0.2) is 0 Å². The summed E-state index contributed by atoms with van der Waals surface area (Å²) in [5, 5.41) is 3.35. The molecule has 3 saturated heterocycles. The van der Waals surface area contributed by atoms with Gasteiger partial charge >= 0.3 is 0 Å². The van der Waals surface area contributed by atoms with E-state index in [4.69, 9.17) is 0 Å². The molecule has 1 atom stereocenters. The van der Waals surface area contributed by atoms with Gasteiger partial charge in [-0.1, -0.05) is 6.42 Å². The van der Waals surface area contributed by atoms with Crippen LogP contribution in [0, 0.1) is 5.92 Å². The predicted octanol–water partition coefficient (Wildman–Crippen LogP) is 1.80. The molecule has 0 aromatic carbocycles. The fraction of sp³-hybridized carbons (Fsp3) is 0.882. The van der Waals surface area contributed by atoms with E-state index in [0.717, 1.165) is 77.7 Å². The van der Waals surface area contributed by atoms with Gasteiger partial charge in [0.25, 0.3) is 0 Å². The minimum absolute atomic E-state index is 0. The zero-order valence-corrected chi connectivity index (χ0v) is 14.8. The standard InChI is InChI=1S/C17H29N3O2.ClH/c21-16-6-2-4-10-20(16)13-14-7-11-19(12-8-14)17(22)15-5-1-3-9-18-15;/h14-15,18H,1-13H2;1H. The van der Waals surface area contributed by atoms with E-state index in [1.807, 2.05) is 9.80 Å². The molecular formula is C17H30ClN3O2. The Kier molecular flexibility index (Phi) is 7.15. The van der Waals surface area contributed by atoms with Crippen LogP contribution in [-0.2, 0) is 9.59 Å². The van der Waals surface area contributed by atoms with Crippen LogP contribution in [0.15, 0.2) is 0 Å². The molecule has 3 fully saturated rings. The van der Waals surface area contributed by atoms with Gasteiger partial charge in [-0.3, -0.25) is 9.59 Å². The van der Waals surface area contributed by atoms with Gasteiger partial charge in [0.2, 0.25) is 11.8 Å². The second-order valence-corrected chi connectivity index (χ2v) is 7.07. The summed E-state index contributed by atoms with van der Waals surface area (Å²) in [6.45, 7) is 4.55. The molecule has 1 unspecified atom stereocenters. The Bertz CT molecular complexity index is 405. The number of halogens is 1. The lowest BCUT2D eigenvalue weighted by atomic mass is 9.94. The topological polar surface area (TPSA) is 52.7 Å². The van der Waals surface area contributed by atoms with E-state index in [9.17, 15) is 9.59 Å². The van der Waals surface area contributed by atoms with Crippen LogP contribution < -0.4 is 5.32 Å². The van der Waals surface area contributed by atoms with E-state index in [1.165, 1.54) is 6.42 Å². The van der Waals surface area contributed by atoms with Gasteiger partial charge in [-0.05, 0) is 51.0 Å². The van der Waals surface area contributed by atoms with Crippen molar-refractivity contribution in [1.29, 1.82) is 0 Å². The number of likely N-dealkylation sites (tertiary alicyclic amines) is 2. The average molecular weight is 344 g/mol. The van der Waals surface area contributed by atoms with Crippen LogP contribution in [0.1, 0.15) is 51.4 Å². The molecule has 23 heavy (non-hydrogen) atoms. The average Bonchev–Trinajstić information content (AvgIpc) is 2.58. The van der Waals surface area contributed by atoms with Crippen molar-refractivity contribution < 1.29 is 9.59 Å². The van der Waals surface area contributed by atoms with Crippen molar-refractivity contribution in [3.63, 3.8) is 0 Å². The molecule has 6 heteroatoms. The highest BCUT2D eigenvalue weighted by molar-refractivity contribution is 5.85. The number of hydrogen-bond acceptors (Lipinski definition) is 3. The Morgan fingerprint density at radius 3 is 2.48 bits per heavy atom. The largest absolute Gasteiger partial charge is 0.342 e. The maximum Gasteiger partial charge on any atom is 0.239 e. The van der Waals surface area contributed by atoms with E-state index in [1.54, 1.807) is 0 Å². The van der Waals surface area contributed by atoms with Crippen LogP contribution in [0.4, 0.5) is 0 Å². The number of hydrogen-bond donors (Lipinski definition) is 1. The zero-order chi connectivity index (χ0) is 15.4. The van der Waals surface area contributed by atoms with Crippen molar-refractivity contribution >= 4 is 24.2 Å². The molecule has 0 aromatic heterocycles. The lowest BCUT2D eigenvalue weighted by Gasteiger charge is -2.38. The van der Waals surface area contributed by atoms with Gasteiger partial charge < -0.3 is 15.1 Å². The van der Waals surface area contributed by atoms with E-state index in [-0.39, 0.29) is 18.4 Å². The fourth-order valence-electron chi connectivity index (χ4n) is 3.99. The Morgan fingerprint density at radius 2 is 1.83 bits per heavy atom. The normalized spacial score (nSPS) is 26.8. The molecule has 0 aliphatic carbocycles. The van der Waals surface area contributed by atoms with Crippen LogP contribution >= 0.6 is 12.4 Å². The van der Waals surface area contributed by atoms with Gasteiger partial charge in [-0.25, -0.2) is 0 Å². The minimum Gasteiger partial charge on any atom is -0.342 e. The molecular weight excluding hydrogens is 314 g/mol. The fourth-order valence-corrected chi connectivity index (χ4v) is 3.99. The summed E-state index contributed by atoms with van der Waals surface area (Å²) >= 11 is 0. The van der Waals surface area contributed by atoms with Crippen molar-refractivity contribution in [2.45, 2.75) is 57.4 Å². The SMILES string of the molecule is Cl.O=C1CCCCN1CC1CCN(C(=O)C2CCCCN2)CC1. The molecule has 3 aliphatic rings. The van der Waals surface area contributed by atoms with Crippen LogP contribution in [0.2, 0.25) is 0 Å². The molecule has 5 nitrogen and oxygen atoms in total. The summed E-state index contributed by atoms with van der Waals surface area (Å²) in [5.41, 5.74) is 0. The molecule has 132 valence electrons. The van der Waals surface area contributed by atoms with Crippen LogP contribution in [0.3, 0.4) is 0 Å². The number of nitrogens with one attached hydrogen (secondary N) is 1. The highest BCUT2D eigenvalue weighted by Crippen LogP contribution is 2.22. The van der Waals surface area contributed by atoms with Gasteiger partial charge in [-0.15, -0.1) is 12.4 Å². The summed E-state index contributed by atoms with van der Waals surface area (Å²) < 4.78 is 0. The maximum atomic E-state index is 12.5. The molecule has 0 saturated carbocycles. The first-order valence-electron chi connectivity index (χ1n) is 9.04. The molecule has 0 radical (unpaired) electrons. The van der Waals surface area contributed by atoms with Crippen molar-refractivity contribution in [2.75, 3.05) is 32.7 Å². The monoisotopic (exact) mass is 343 g/mol. The Labute approximate surface area is 145 Å². The molecule has 3 rings (SSSR count). The molecule has 0 aromatic rings. The van der Waals surface area contributed by atoms with E-state index in [0.29, 0.717) is 17.7 Å². The highest BCUT2D eigenvalue weighted by Gasteiger charge is 2.30. The third kappa shape index (κ3) is 4.83. The van der Waals surface area contributed by atoms with Crippen LogP contribution in [-0.4, -0.2) is 60.4 Å². The van der Waals surface area contributed by atoms with Crippen molar-refractivity contribution in [2.24, 2.45) is 5.92 Å².